The van der Waals surface area contributed by atoms with Crippen LogP contribution in [0.3, 0.4) is 0 Å². The summed E-state index contributed by atoms with van der Waals surface area (Å²) in [5.41, 5.74) is 1.95. The molecule has 1 saturated heterocycles. The molecule has 4 rings (SSSR count). The number of fused-ring (bicyclic) bond motifs is 1. The van der Waals surface area contributed by atoms with E-state index in [9.17, 15) is 14.4 Å². The maximum atomic E-state index is 13.0. The second-order valence-electron chi connectivity index (χ2n) is 8.04. The second kappa shape index (κ2) is 10.1. The molecule has 0 saturated carbocycles. The summed E-state index contributed by atoms with van der Waals surface area (Å²) >= 11 is 0. The standard InChI is InChI=1S/C26H27N3O3/c30-24(27-17-19-8-2-1-3-9-19)18-28-26(32)23-14-7-15-29(23)25(31)16-21-12-6-11-20-10-4-5-13-22(20)21/h1-6,8-13,23H,7,14-18H2,(H,27,30)(H,28,32). The van der Waals surface area contributed by atoms with E-state index in [0.717, 1.165) is 28.3 Å². The molecule has 0 aliphatic carbocycles. The van der Waals surface area contributed by atoms with Gasteiger partial charge in [-0.3, -0.25) is 14.4 Å². The monoisotopic (exact) mass is 429 g/mol. The van der Waals surface area contributed by atoms with Crippen molar-refractivity contribution in [1.82, 2.24) is 15.5 Å². The number of amides is 3. The summed E-state index contributed by atoms with van der Waals surface area (Å²) in [7, 11) is 0. The number of hydrogen-bond donors (Lipinski definition) is 2. The highest BCUT2D eigenvalue weighted by Crippen LogP contribution is 2.22. The van der Waals surface area contributed by atoms with Gasteiger partial charge in [0.25, 0.3) is 0 Å². The molecule has 0 spiro atoms. The van der Waals surface area contributed by atoms with Gasteiger partial charge in [-0.15, -0.1) is 0 Å². The van der Waals surface area contributed by atoms with Crippen LogP contribution in [-0.2, 0) is 27.3 Å². The van der Waals surface area contributed by atoms with Gasteiger partial charge in [0.1, 0.15) is 6.04 Å². The van der Waals surface area contributed by atoms with E-state index in [0.29, 0.717) is 19.5 Å². The minimum atomic E-state index is -0.528. The lowest BCUT2D eigenvalue weighted by Gasteiger charge is -2.24. The van der Waals surface area contributed by atoms with Crippen LogP contribution in [0.1, 0.15) is 24.0 Å². The minimum absolute atomic E-state index is 0.0625. The molecule has 1 aliphatic rings. The van der Waals surface area contributed by atoms with Crippen molar-refractivity contribution in [1.29, 1.82) is 0 Å². The number of hydrogen-bond acceptors (Lipinski definition) is 3. The van der Waals surface area contributed by atoms with Crippen molar-refractivity contribution in [3.63, 3.8) is 0 Å². The lowest BCUT2D eigenvalue weighted by molar-refractivity contribution is -0.138. The molecule has 3 amide bonds. The molecule has 1 aliphatic heterocycles. The maximum Gasteiger partial charge on any atom is 0.243 e. The Kier molecular flexibility index (Phi) is 6.80. The quantitative estimate of drug-likeness (QED) is 0.606. The van der Waals surface area contributed by atoms with Crippen molar-refractivity contribution < 1.29 is 14.4 Å². The maximum absolute atomic E-state index is 13.0. The van der Waals surface area contributed by atoms with Gasteiger partial charge < -0.3 is 15.5 Å². The average molecular weight is 430 g/mol. The largest absolute Gasteiger partial charge is 0.350 e. The van der Waals surface area contributed by atoms with Gasteiger partial charge in [0.05, 0.1) is 13.0 Å². The number of rotatable bonds is 7. The van der Waals surface area contributed by atoms with Gasteiger partial charge in [0.2, 0.25) is 17.7 Å². The molecule has 1 heterocycles. The van der Waals surface area contributed by atoms with Crippen molar-refractivity contribution in [2.45, 2.75) is 31.8 Å². The van der Waals surface area contributed by atoms with Crippen LogP contribution in [0.4, 0.5) is 0 Å². The van der Waals surface area contributed by atoms with Gasteiger partial charge in [-0.2, -0.15) is 0 Å². The van der Waals surface area contributed by atoms with Crippen LogP contribution in [0.15, 0.2) is 72.8 Å². The molecule has 1 atom stereocenters. The molecule has 0 bridgehead atoms. The molecule has 3 aromatic rings. The number of benzene rings is 3. The third kappa shape index (κ3) is 5.14. The topological polar surface area (TPSA) is 78.5 Å². The van der Waals surface area contributed by atoms with Crippen LogP contribution < -0.4 is 10.6 Å². The molecule has 164 valence electrons. The van der Waals surface area contributed by atoms with Crippen molar-refractivity contribution in [3.05, 3.63) is 83.9 Å². The van der Waals surface area contributed by atoms with Crippen molar-refractivity contribution in [3.8, 4) is 0 Å². The average Bonchev–Trinajstić information content (AvgIpc) is 3.32. The van der Waals surface area contributed by atoms with E-state index in [-0.39, 0.29) is 30.7 Å². The van der Waals surface area contributed by atoms with Gasteiger partial charge >= 0.3 is 0 Å². The Bertz CT molecular complexity index is 1110. The molecule has 32 heavy (non-hydrogen) atoms. The lowest BCUT2D eigenvalue weighted by atomic mass is 10.0. The predicted octanol–water partition coefficient (Wildman–Crippen LogP) is 2.81. The third-order valence-electron chi connectivity index (χ3n) is 5.85. The summed E-state index contributed by atoms with van der Waals surface area (Å²) in [5, 5.41) is 7.64. The molecule has 0 aromatic heterocycles. The third-order valence-corrected chi connectivity index (χ3v) is 5.85. The predicted molar refractivity (Wildman–Crippen MR) is 124 cm³/mol. The Morgan fingerprint density at radius 1 is 0.875 bits per heavy atom. The molecule has 1 fully saturated rings. The van der Waals surface area contributed by atoms with Gasteiger partial charge in [-0.05, 0) is 34.7 Å². The van der Waals surface area contributed by atoms with E-state index < -0.39 is 6.04 Å². The number of likely N-dealkylation sites (tertiary alicyclic amines) is 1. The second-order valence-corrected chi connectivity index (χ2v) is 8.04. The first-order chi connectivity index (χ1) is 15.6. The van der Waals surface area contributed by atoms with Gasteiger partial charge in [-0.1, -0.05) is 72.8 Å². The summed E-state index contributed by atoms with van der Waals surface area (Å²) in [5.74, 6) is -0.593. The minimum Gasteiger partial charge on any atom is -0.350 e. The normalized spacial score (nSPS) is 15.5. The summed E-state index contributed by atoms with van der Waals surface area (Å²) in [6.45, 7) is 0.865. The van der Waals surface area contributed by atoms with E-state index in [4.69, 9.17) is 0 Å². The van der Waals surface area contributed by atoms with Crippen LogP contribution in [-0.4, -0.2) is 41.8 Å². The first-order valence-corrected chi connectivity index (χ1v) is 11.0. The fourth-order valence-electron chi connectivity index (χ4n) is 4.19. The Hall–Kier alpha value is -3.67. The number of nitrogens with one attached hydrogen (secondary N) is 2. The zero-order valence-electron chi connectivity index (χ0n) is 17.9. The zero-order valence-corrected chi connectivity index (χ0v) is 17.9. The SMILES string of the molecule is O=C(CNC(=O)C1CCCN1C(=O)Cc1cccc2ccccc12)NCc1ccccc1. The van der Waals surface area contributed by atoms with Crippen molar-refractivity contribution in [2.75, 3.05) is 13.1 Å². The van der Waals surface area contributed by atoms with Crippen LogP contribution in [0.5, 0.6) is 0 Å². The summed E-state index contributed by atoms with van der Waals surface area (Å²) in [6, 6.07) is 23.0. The molecule has 6 nitrogen and oxygen atoms in total. The highest BCUT2D eigenvalue weighted by Gasteiger charge is 2.34. The van der Waals surface area contributed by atoms with Crippen LogP contribution in [0, 0.1) is 0 Å². The van der Waals surface area contributed by atoms with Crippen LogP contribution in [0.25, 0.3) is 10.8 Å². The Balaban J connectivity index is 1.31. The molecular weight excluding hydrogens is 402 g/mol. The molecular formula is C26H27N3O3. The number of nitrogens with zero attached hydrogens (tertiary/aromatic N) is 1. The fourth-order valence-corrected chi connectivity index (χ4v) is 4.19. The Morgan fingerprint density at radius 2 is 1.62 bits per heavy atom. The fraction of sp³-hybridized carbons (Fsp3) is 0.269. The molecule has 6 heteroatoms. The smallest absolute Gasteiger partial charge is 0.243 e. The van der Waals surface area contributed by atoms with E-state index in [1.165, 1.54) is 0 Å². The highest BCUT2D eigenvalue weighted by molar-refractivity contribution is 5.94. The summed E-state index contributed by atoms with van der Waals surface area (Å²) < 4.78 is 0. The lowest BCUT2D eigenvalue weighted by Crippen LogP contribution is -2.48. The first kappa shape index (κ1) is 21.6. The van der Waals surface area contributed by atoms with E-state index in [2.05, 4.69) is 10.6 Å². The number of carbonyl (C=O) groups is 3. The molecule has 3 aromatic carbocycles. The van der Waals surface area contributed by atoms with Gasteiger partial charge in [0, 0.05) is 13.1 Å². The van der Waals surface area contributed by atoms with Crippen molar-refractivity contribution in [2.24, 2.45) is 0 Å². The van der Waals surface area contributed by atoms with Crippen molar-refractivity contribution >= 4 is 28.5 Å². The van der Waals surface area contributed by atoms with E-state index in [1.54, 1.807) is 4.90 Å². The van der Waals surface area contributed by atoms with Gasteiger partial charge in [-0.25, -0.2) is 0 Å². The van der Waals surface area contributed by atoms with Crippen LogP contribution >= 0.6 is 0 Å². The van der Waals surface area contributed by atoms with E-state index >= 15 is 0 Å². The van der Waals surface area contributed by atoms with Gasteiger partial charge in [0.15, 0.2) is 0 Å². The summed E-state index contributed by atoms with van der Waals surface area (Å²) in [4.78, 5) is 39.5. The van der Waals surface area contributed by atoms with Crippen LogP contribution in [0.2, 0.25) is 0 Å². The zero-order chi connectivity index (χ0) is 22.3. The molecule has 0 radical (unpaired) electrons. The molecule has 1 unspecified atom stereocenters. The first-order valence-electron chi connectivity index (χ1n) is 11.0. The Morgan fingerprint density at radius 3 is 2.47 bits per heavy atom. The molecule has 2 N–H and O–H groups in total. The Labute approximate surface area is 187 Å². The van der Waals surface area contributed by atoms with E-state index in [1.807, 2.05) is 72.8 Å². The number of carbonyl (C=O) groups excluding carboxylic acids is 3. The summed E-state index contributed by atoms with van der Waals surface area (Å²) in [6.07, 6.45) is 1.64. The highest BCUT2D eigenvalue weighted by atomic mass is 16.2.